The molecular formula is C6H12N2O. The molecule has 0 aliphatic carbocycles. The third-order valence-corrected chi connectivity index (χ3v) is 0.347. The molecule has 0 amide bonds. The van der Waals surface area contributed by atoms with Crippen LogP contribution in [-0.2, 0) is 0 Å². The molecule has 1 heterocycles. The molecule has 9 heavy (non-hydrogen) atoms. The summed E-state index contributed by atoms with van der Waals surface area (Å²) >= 11 is 0. The van der Waals surface area contributed by atoms with Crippen molar-refractivity contribution in [3.8, 4) is 0 Å². The highest BCUT2D eigenvalue weighted by Gasteiger charge is 1.59. The van der Waals surface area contributed by atoms with E-state index < -0.39 is 0 Å². The van der Waals surface area contributed by atoms with Crippen LogP contribution in [0.1, 0.15) is 0 Å². The van der Waals surface area contributed by atoms with E-state index in [4.69, 9.17) is 0 Å². The van der Waals surface area contributed by atoms with E-state index in [1.54, 1.807) is 6.20 Å². The summed E-state index contributed by atoms with van der Waals surface area (Å²) in [6.07, 6.45) is 4.47. The lowest BCUT2D eigenvalue weighted by Gasteiger charge is -1.90. The predicted molar refractivity (Wildman–Crippen MR) is 36.1 cm³/mol. The zero-order valence-corrected chi connectivity index (χ0v) is 6.03. The first-order valence-corrected chi connectivity index (χ1v) is 2.66. The lowest BCUT2D eigenvalue weighted by atomic mass is 11.0. The zero-order valence-electron chi connectivity index (χ0n) is 6.03. The van der Waals surface area contributed by atoms with E-state index in [1.165, 1.54) is 12.7 Å². The molecule has 0 aliphatic rings. The highest BCUT2D eigenvalue weighted by Crippen LogP contribution is 1.72. The molecule has 0 radical (unpaired) electrons. The third-order valence-electron chi connectivity index (χ3n) is 0.347. The van der Waals surface area contributed by atoms with E-state index in [9.17, 15) is 0 Å². The molecule has 0 unspecified atom stereocenters. The Labute approximate surface area is 55.3 Å². The Kier molecular flexibility index (Phi) is 4.82. The molecule has 3 heteroatoms. The van der Waals surface area contributed by atoms with Crippen LogP contribution < -0.4 is 0 Å². The van der Waals surface area contributed by atoms with Crippen molar-refractivity contribution in [2.75, 3.05) is 21.1 Å². The van der Waals surface area contributed by atoms with Crippen LogP contribution in [0.4, 0.5) is 0 Å². The standard InChI is InChI=1S/C3H3NO.C3H9N/c1-2-5-3-4-1;1-4(2)3/h1-3H;1-3H3. The van der Waals surface area contributed by atoms with Crippen molar-refractivity contribution in [3.05, 3.63) is 18.9 Å². The molecule has 1 aromatic rings. The largest absolute Gasteiger partial charge is 0.452 e. The molecule has 0 fully saturated rings. The molecule has 0 aromatic carbocycles. The van der Waals surface area contributed by atoms with Crippen LogP contribution in [0.5, 0.6) is 0 Å². The molecule has 0 bridgehead atoms. The van der Waals surface area contributed by atoms with Crippen molar-refractivity contribution in [3.63, 3.8) is 0 Å². The van der Waals surface area contributed by atoms with Gasteiger partial charge in [-0.1, -0.05) is 0 Å². The van der Waals surface area contributed by atoms with Gasteiger partial charge in [0.25, 0.3) is 0 Å². The van der Waals surface area contributed by atoms with Gasteiger partial charge in [-0.2, -0.15) is 0 Å². The fraction of sp³-hybridized carbons (Fsp3) is 0.500. The maximum Gasteiger partial charge on any atom is 0.180 e. The van der Waals surface area contributed by atoms with Gasteiger partial charge in [0.2, 0.25) is 0 Å². The van der Waals surface area contributed by atoms with Gasteiger partial charge in [-0.25, -0.2) is 4.98 Å². The fourth-order valence-corrected chi connectivity index (χ4v) is 0.176. The van der Waals surface area contributed by atoms with Crippen LogP contribution >= 0.6 is 0 Å². The average molecular weight is 128 g/mol. The van der Waals surface area contributed by atoms with Gasteiger partial charge in [-0.3, -0.25) is 0 Å². The lowest BCUT2D eigenvalue weighted by molar-refractivity contribution is 0.505. The Morgan fingerprint density at radius 3 is 2.00 bits per heavy atom. The first kappa shape index (κ1) is 8.17. The summed E-state index contributed by atoms with van der Waals surface area (Å²) in [4.78, 5) is 5.56. The SMILES string of the molecule is CN(C)C.c1cocn1. The number of oxazole rings is 1. The predicted octanol–water partition coefficient (Wildman–Crippen LogP) is 0.852. The first-order chi connectivity index (χ1) is 4.23. The molecule has 1 rings (SSSR count). The minimum absolute atomic E-state index is 1.38. The highest BCUT2D eigenvalue weighted by molar-refractivity contribution is 4.56. The molecule has 1 aromatic heterocycles. The van der Waals surface area contributed by atoms with Gasteiger partial charge >= 0.3 is 0 Å². The fourth-order valence-electron chi connectivity index (χ4n) is 0.176. The number of nitrogens with zero attached hydrogens (tertiary/aromatic N) is 2. The van der Waals surface area contributed by atoms with Gasteiger partial charge in [0.1, 0.15) is 6.26 Å². The molecule has 52 valence electrons. The maximum atomic E-state index is 4.47. The second-order valence-corrected chi connectivity index (χ2v) is 2.02. The number of hydrogen-bond acceptors (Lipinski definition) is 3. The minimum atomic E-state index is 1.38. The first-order valence-electron chi connectivity index (χ1n) is 2.66. The van der Waals surface area contributed by atoms with E-state index in [0.29, 0.717) is 0 Å². The van der Waals surface area contributed by atoms with Gasteiger partial charge in [-0.05, 0) is 21.1 Å². The summed E-state index contributed by atoms with van der Waals surface area (Å²) in [7, 11) is 6.00. The topological polar surface area (TPSA) is 29.3 Å². The van der Waals surface area contributed by atoms with Crippen LogP contribution in [0.2, 0.25) is 0 Å². The summed E-state index contributed by atoms with van der Waals surface area (Å²) < 4.78 is 4.47. The number of aromatic nitrogens is 1. The van der Waals surface area contributed by atoms with Gasteiger partial charge in [0.05, 0.1) is 6.20 Å². The van der Waals surface area contributed by atoms with Crippen molar-refractivity contribution < 1.29 is 4.42 Å². The molecule has 0 spiro atoms. The highest BCUT2D eigenvalue weighted by atomic mass is 16.3. The van der Waals surface area contributed by atoms with Crippen LogP contribution in [0, 0.1) is 0 Å². The Morgan fingerprint density at radius 2 is 1.89 bits per heavy atom. The van der Waals surface area contributed by atoms with Crippen LogP contribution in [0.3, 0.4) is 0 Å². The summed E-state index contributed by atoms with van der Waals surface area (Å²) in [5.74, 6) is 0. The van der Waals surface area contributed by atoms with E-state index >= 15 is 0 Å². The summed E-state index contributed by atoms with van der Waals surface area (Å²) in [6.45, 7) is 0. The summed E-state index contributed by atoms with van der Waals surface area (Å²) in [6, 6.07) is 0. The minimum Gasteiger partial charge on any atom is -0.452 e. The van der Waals surface area contributed by atoms with Gasteiger partial charge in [0, 0.05) is 0 Å². The normalized spacial score (nSPS) is 8.44. The van der Waals surface area contributed by atoms with Crippen molar-refractivity contribution in [2.24, 2.45) is 0 Å². The zero-order chi connectivity index (χ0) is 7.11. The third kappa shape index (κ3) is 11.0. The van der Waals surface area contributed by atoms with Crippen LogP contribution in [0.15, 0.2) is 23.3 Å². The van der Waals surface area contributed by atoms with Crippen molar-refractivity contribution >= 4 is 0 Å². The second-order valence-electron chi connectivity index (χ2n) is 2.02. The van der Waals surface area contributed by atoms with E-state index in [1.807, 2.05) is 26.0 Å². The molecule has 3 nitrogen and oxygen atoms in total. The molecule has 0 atom stereocenters. The lowest BCUT2D eigenvalue weighted by Crippen LogP contribution is -1.99. The Balaban J connectivity index is 0.000000148. The van der Waals surface area contributed by atoms with Crippen molar-refractivity contribution in [2.45, 2.75) is 0 Å². The average Bonchev–Trinajstić information content (AvgIpc) is 2.11. The Morgan fingerprint density at radius 1 is 1.33 bits per heavy atom. The second kappa shape index (κ2) is 5.31. The molecule has 0 aliphatic heterocycles. The molecule has 0 saturated carbocycles. The van der Waals surface area contributed by atoms with Crippen molar-refractivity contribution in [1.29, 1.82) is 0 Å². The smallest absolute Gasteiger partial charge is 0.180 e. The Bertz CT molecular complexity index is 94.6. The van der Waals surface area contributed by atoms with Crippen molar-refractivity contribution in [1.82, 2.24) is 9.88 Å². The van der Waals surface area contributed by atoms with E-state index in [2.05, 4.69) is 9.40 Å². The Hall–Kier alpha value is -0.830. The monoisotopic (exact) mass is 128 g/mol. The molecule has 0 N–H and O–H groups in total. The quantitative estimate of drug-likeness (QED) is 0.518. The molecular weight excluding hydrogens is 116 g/mol. The maximum absolute atomic E-state index is 4.47. The van der Waals surface area contributed by atoms with Gasteiger partial charge in [-0.15, -0.1) is 0 Å². The van der Waals surface area contributed by atoms with Crippen LogP contribution in [-0.4, -0.2) is 31.0 Å². The van der Waals surface area contributed by atoms with E-state index in [0.717, 1.165) is 0 Å². The summed E-state index contributed by atoms with van der Waals surface area (Å²) in [5, 5.41) is 0. The van der Waals surface area contributed by atoms with Crippen LogP contribution in [0.25, 0.3) is 0 Å². The van der Waals surface area contributed by atoms with Gasteiger partial charge < -0.3 is 9.32 Å². The summed E-state index contributed by atoms with van der Waals surface area (Å²) in [5.41, 5.74) is 0. The van der Waals surface area contributed by atoms with E-state index in [-0.39, 0.29) is 0 Å². The number of hydrogen-bond donors (Lipinski definition) is 0. The van der Waals surface area contributed by atoms with Gasteiger partial charge in [0.15, 0.2) is 6.39 Å². The molecule has 0 saturated heterocycles. The number of rotatable bonds is 0.